The Balaban J connectivity index is 1.40. The van der Waals surface area contributed by atoms with Gasteiger partial charge in [-0.15, -0.1) is 0 Å². The molecule has 1 amide bonds. The first-order valence-corrected chi connectivity index (χ1v) is 9.82. The van der Waals surface area contributed by atoms with Gasteiger partial charge in [-0.25, -0.2) is 18.4 Å². The molecule has 7 nitrogen and oxygen atoms in total. The number of oxazole rings is 1. The number of nitrogens with one attached hydrogen (secondary N) is 1. The van der Waals surface area contributed by atoms with E-state index >= 15 is 0 Å². The van der Waals surface area contributed by atoms with Crippen molar-refractivity contribution in [3.63, 3.8) is 0 Å². The number of carbonyl (C=O) groups is 1. The molecule has 1 fully saturated rings. The topological polar surface area (TPSA) is 70.8 Å². The molecule has 146 valence electrons. The molecule has 0 radical (unpaired) electrons. The lowest BCUT2D eigenvalue weighted by molar-refractivity contribution is 0.146. The first kappa shape index (κ1) is 19.7. The summed E-state index contributed by atoms with van der Waals surface area (Å²) in [6.45, 7) is 2.32. The van der Waals surface area contributed by atoms with Crippen LogP contribution in [-0.4, -0.2) is 46.9 Å². The van der Waals surface area contributed by atoms with Gasteiger partial charge in [0.15, 0.2) is 18.8 Å². The highest BCUT2D eigenvalue weighted by molar-refractivity contribution is 7.94. The Kier molecular flexibility index (Phi) is 7.14. The maximum Gasteiger partial charge on any atom is 0.412 e. The van der Waals surface area contributed by atoms with Crippen LogP contribution in [0.3, 0.4) is 0 Å². The molecule has 0 aliphatic carbocycles. The van der Waals surface area contributed by atoms with E-state index in [0.717, 1.165) is 31.1 Å². The molecule has 1 aliphatic rings. The van der Waals surface area contributed by atoms with Crippen LogP contribution in [0.1, 0.15) is 24.2 Å². The van der Waals surface area contributed by atoms with E-state index in [9.17, 15) is 4.79 Å². The number of anilines is 1. The molecule has 1 aromatic carbocycles. The van der Waals surface area contributed by atoms with Gasteiger partial charge >= 0.3 is 6.09 Å². The lowest BCUT2D eigenvalue weighted by Crippen LogP contribution is -2.31. The SMILES string of the molecule is CN(C)SN1CCC(Cc2ccc(NC(=O)OCc3cnco3)cc2)CC1. The quantitative estimate of drug-likeness (QED) is 0.721. The minimum absolute atomic E-state index is 0.0642. The van der Waals surface area contributed by atoms with Crippen molar-refractivity contribution in [3.8, 4) is 0 Å². The van der Waals surface area contributed by atoms with Crippen molar-refractivity contribution >= 4 is 23.9 Å². The fraction of sp³-hybridized carbons (Fsp3) is 0.474. The molecule has 1 aromatic heterocycles. The van der Waals surface area contributed by atoms with Crippen molar-refractivity contribution < 1.29 is 13.9 Å². The number of hydrogen-bond donors (Lipinski definition) is 1. The molecule has 0 spiro atoms. The molecule has 2 aromatic rings. The maximum atomic E-state index is 11.8. The summed E-state index contributed by atoms with van der Waals surface area (Å²) in [5, 5.41) is 2.72. The Morgan fingerprint density at radius 1 is 1.33 bits per heavy atom. The summed E-state index contributed by atoms with van der Waals surface area (Å²) in [6.07, 6.45) is 5.83. The Labute approximate surface area is 164 Å². The Morgan fingerprint density at radius 3 is 2.70 bits per heavy atom. The highest BCUT2D eigenvalue weighted by atomic mass is 32.2. The van der Waals surface area contributed by atoms with Crippen LogP contribution in [0.5, 0.6) is 0 Å². The minimum atomic E-state index is -0.509. The Bertz CT molecular complexity index is 698. The maximum absolute atomic E-state index is 11.8. The molecule has 0 bridgehead atoms. The molecule has 0 unspecified atom stereocenters. The zero-order chi connectivity index (χ0) is 19.1. The standard InChI is InChI=1S/C19H26N4O3S/c1-22(2)27-23-9-7-16(8-10-23)11-15-3-5-17(6-4-15)21-19(24)25-13-18-12-20-14-26-18/h3-6,12,14,16H,7-11,13H2,1-2H3,(H,21,24). The number of carbonyl (C=O) groups excluding carboxylic acids is 1. The fourth-order valence-electron chi connectivity index (χ4n) is 3.09. The number of ether oxygens (including phenoxy) is 1. The molecular formula is C19H26N4O3S. The monoisotopic (exact) mass is 390 g/mol. The zero-order valence-electron chi connectivity index (χ0n) is 15.8. The zero-order valence-corrected chi connectivity index (χ0v) is 16.6. The van der Waals surface area contributed by atoms with E-state index < -0.39 is 6.09 Å². The molecule has 3 rings (SSSR count). The van der Waals surface area contributed by atoms with Gasteiger partial charge in [0.05, 0.1) is 6.20 Å². The molecule has 1 saturated heterocycles. The van der Waals surface area contributed by atoms with E-state index in [-0.39, 0.29) is 6.61 Å². The number of rotatable bonds is 7. The van der Waals surface area contributed by atoms with E-state index in [1.165, 1.54) is 31.0 Å². The van der Waals surface area contributed by atoms with Crippen LogP contribution in [0.4, 0.5) is 10.5 Å². The van der Waals surface area contributed by atoms with Crippen molar-refractivity contribution in [1.82, 2.24) is 13.6 Å². The van der Waals surface area contributed by atoms with E-state index in [1.54, 1.807) is 12.1 Å². The second-order valence-electron chi connectivity index (χ2n) is 6.84. The van der Waals surface area contributed by atoms with Crippen LogP contribution in [0.25, 0.3) is 0 Å². The van der Waals surface area contributed by atoms with Gasteiger partial charge in [-0.05, 0) is 57.0 Å². The molecule has 1 N–H and O–H groups in total. The second-order valence-corrected chi connectivity index (χ2v) is 8.25. The summed E-state index contributed by atoms with van der Waals surface area (Å²) >= 11 is 1.80. The van der Waals surface area contributed by atoms with Crippen LogP contribution in [0, 0.1) is 5.92 Å². The third-order valence-electron chi connectivity index (χ3n) is 4.41. The van der Waals surface area contributed by atoms with Crippen LogP contribution < -0.4 is 5.32 Å². The Morgan fingerprint density at radius 2 is 2.07 bits per heavy atom. The summed E-state index contributed by atoms with van der Waals surface area (Å²) in [4.78, 5) is 15.6. The van der Waals surface area contributed by atoms with E-state index in [0.29, 0.717) is 5.76 Å². The number of aromatic nitrogens is 1. The van der Waals surface area contributed by atoms with Gasteiger partial charge in [-0.1, -0.05) is 12.1 Å². The molecular weight excluding hydrogens is 364 g/mol. The summed E-state index contributed by atoms with van der Waals surface area (Å²) in [5.41, 5.74) is 2.02. The van der Waals surface area contributed by atoms with Crippen LogP contribution >= 0.6 is 12.1 Å². The summed E-state index contributed by atoms with van der Waals surface area (Å²) in [7, 11) is 4.16. The van der Waals surface area contributed by atoms with Crippen LogP contribution in [0.15, 0.2) is 41.3 Å². The molecule has 8 heteroatoms. The largest absolute Gasteiger partial charge is 0.445 e. The lowest BCUT2D eigenvalue weighted by atomic mass is 9.91. The fourth-order valence-corrected chi connectivity index (χ4v) is 3.92. The number of benzene rings is 1. The minimum Gasteiger partial charge on any atom is -0.445 e. The third-order valence-corrected chi connectivity index (χ3v) is 5.33. The first-order valence-electron chi connectivity index (χ1n) is 9.09. The summed E-state index contributed by atoms with van der Waals surface area (Å²) < 4.78 is 14.7. The van der Waals surface area contributed by atoms with Gasteiger partial charge in [0.1, 0.15) is 0 Å². The van der Waals surface area contributed by atoms with Gasteiger partial charge in [0.25, 0.3) is 0 Å². The molecule has 2 heterocycles. The van der Waals surface area contributed by atoms with E-state index in [1.807, 2.05) is 12.1 Å². The number of amides is 1. The van der Waals surface area contributed by atoms with Gasteiger partial charge < -0.3 is 9.15 Å². The average molecular weight is 391 g/mol. The molecule has 0 atom stereocenters. The molecule has 1 aliphatic heterocycles. The number of piperidine rings is 1. The highest BCUT2D eigenvalue weighted by Crippen LogP contribution is 2.26. The van der Waals surface area contributed by atoms with Gasteiger partial charge in [-0.2, -0.15) is 0 Å². The van der Waals surface area contributed by atoms with Gasteiger partial charge in [0, 0.05) is 30.9 Å². The lowest BCUT2D eigenvalue weighted by Gasteiger charge is -2.32. The average Bonchev–Trinajstić information content (AvgIpc) is 3.16. The normalized spacial score (nSPS) is 15.8. The van der Waals surface area contributed by atoms with Crippen LogP contribution in [-0.2, 0) is 17.8 Å². The number of hydrogen-bond acceptors (Lipinski definition) is 7. The van der Waals surface area contributed by atoms with Gasteiger partial charge in [-0.3, -0.25) is 5.32 Å². The first-order chi connectivity index (χ1) is 13.1. The summed E-state index contributed by atoms with van der Waals surface area (Å²) in [5.74, 6) is 1.23. The van der Waals surface area contributed by atoms with Gasteiger partial charge in [0.2, 0.25) is 0 Å². The molecule has 27 heavy (non-hydrogen) atoms. The number of nitrogens with zero attached hydrogens (tertiary/aromatic N) is 3. The smallest absolute Gasteiger partial charge is 0.412 e. The van der Waals surface area contributed by atoms with E-state index in [2.05, 4.69) is 45.1 Å². The van der Waals surface area contributed by atoms with Crippen molar-refractivity contribution in [2.24, 2.45) is 5.92 Å². The van der Waals surface area contributed by atoms with E-state index in [4.69, 9.17) is 9.15 Å². The van der Waals surface area contributed by atoms with Crippen LogP contribution in [0.2, 0.25) is 0 Å². The van der Waals surface area contributed by atoms with Crippen molar-refractivity contribution in [2.45, 2.75) is 25.9 Å². The van der Waals surface area contributed by atoms with Crippen molar-refractivity contribution in [3.05, 3.63) is 48.2 Å². The predicted molar refractivity (Wildman–Crippen MR) is 106 cm³/mol. The summed E-state index contributed by atoms with van der Waals surface area (Å²) in [6, 6.07) is 7.99. The van der Waals surface area contributed by atoms with Crippen molar-refractivity contribution in [1.29, 1.82) is 0 Å². The van der Waals surface area contributed by atoms with Crippen molar-refractivity contribution in [2.75, 3.05) is 32.5 Å². The Hall–Kier alpha value is -2.03. The predicted octanol–water partition coefficient (Wildman–Crippen LogP) is 3.80. The highest BCUT2D eigenvalue weighted by Gasteiger charge is 2.20. The second kappa shape index (κ2) is 9.77. The molecule has 0 saturated carbocycles. The third kappa shape index (κ3) is 6.57.